The van der Waals surface area contributed by atoms with Gasteiger partial charge < -0.3 is 9.47 Å². The molecule has 0 fully saturated rings. The van der Waals surface area contributed by atoms with Crippen LogP contribution in [-0.2, 0) is 28.7 Å². The van der Waals surface area contributed by atoms with Crippen molar-refractivity contribution >= 4 is 27.3 Å². The zero-order valence-electron chi connectivity index (χ0n) is 21.0. The van der Waals surface area contributed by atoms with E-state index in [9.17, 15) is 13.2 Å². The second kappa shape index (κ2) is 11.4. The van der Waals surface area contributed by atoms with Gasteiger partial charge in [-0.1, -0.05) is 69.6 Å². The zero-order valence-corrected chi connectivity index (χ0v) is 22.6. The minimum atomic E-state index is -3.70. The molecule has 0 saturated heterocycles. The average molecular weight is 516 g/mol. The average Bonchev–Trinajstić information content (AvgIpc) is 3.16. The molecule has 3 aromatic rings. The van der Waals surface area contributed by atoms with Crippen LogP contribution in [0, 0.1) is 18.8 Å². The van der Waals surface area contributed by atoms with Crippen molar-refractivity contribution in [2.24, 2.45) is 11.8 Å². The van der Waals surface area contributed by atoms with Crippen LogP contribution in [0.1, 0.15) is 54.9 Å². The quantitative estimate of drug-likeness (QED) is 0.343. The van der Waals surface area contributed by atoms with Crippen molar-refractivity contribution in [3.63, 3.8) is 0 Å². The van der Waals surface area contributed by atoms with Crippen molar-refractivity contribution in [3.8, 4) is 0 Å². The number of aryl methyl sites for hydroxylation is 1. The van der Waals surface area contributed by atoms with Crippen molar-refractivity contribution < 1.29 is 13.2 Å². The molecule has 0 unspecified atom stereocenters. The van der Waals surface area contributed by atoms with Gasteiger partial charge in [0, 0.05) is 23.7 Å². The molecule has 6 nitrogen and oxygen atoms in total. The number of halogens is 1. The van der Waals surface area contributed by atoms with Gasteiger partial charge in [0.25, 0.3) is 5.91 Å². The van der Waals surface area contributed by atoms with Gasteiger partial charge in [0.2, 0.25) is 15.0 Å². The Morgan fingerprint density at radius 3 is 2.40 bits per heavy atom. The number of imidazole rings is 1. The molecule has 0 N–H and O–H groups in total. The van der Waals surface area contributed by atoms with Gasteiger partial charge in [0.1, 0.15) is 0 Å². The van der Waals surface area contributed by atoms with Crippen LogP contribution < -0.4 is 0 Å². The van der Waals surface area contributed by atoms with Crippen LogP contribution in [0.15, 0.2) is 59.9 Å². The molecular formula is C27H34ClN3O3S. The highest BCUT2D eigenvalue weighted by Crippen LogP contribution is 2.23. The zero-order chi connectivity index (χ0) is 25.8. The molecule has 1 aromatic heterocycles. The Balaban J connectivity index is 1.98. The van der Waals surface area contributed by atoms with Crippen molar-refractivity contribution in [2.75, 3.05) is 6.54 Å². The Labute approximate surface area is 213 Å². The summed E-state index contributed by atoms with van der Waals surface area (Å²) in [6.07, 6.45) is 1.59. The summed E-state index contributed by atoms with van der Waals surface area (Å²) < 4.78 is 28.7. The van der Waals surface area contributed by atoms with Gasteiger partial charge in [0.15, 0.2) is 0 Å². The summed E-state index contributed by atoms with van der Waals surface area (Å²) in [5.74, 6) is 0.148. The van der Waals surface area contributed by atoms with E-state index < -0.39 is 9.84 Å². The predicted molar refractivity (Wildman–Crippen MR) is 140 cm³/mol. The topological polar surface area (TPSA) is 72.3 Å². The fraction of sp³-hybridized carbons (Fsp3) is 0.407. The number of rotatable bonds is 10. The third-order valence-electron chi connectivity index (χ3n) is 5.63. The Morgan fingerprint density at radius 1 is 1.06 bits per heavy atom. The van der Waals surface area contributed by atoms with E-state index in [4.69, 9.17) is 11.6 Å². The summed E-state index contributed by atoms with van der Waals surface area (Å²) in [4.78, 5) is 19.5. The number of benzene rings is 2. The van der Waals surface area contributed by atoms with Crippen LogP contribution in [0.2, 0.25) is 5.02 Å². The molecule has 188 valence electrons. The van der Waals surface area contributed by atoms with Crippen LogP contribution in [0.3, 0.4) is 0 Å². The van der Waals surface area contributed by atoms with Crippen LogP contribution in [0.4, 0.5) is 0 Å². The van der Waals surface area contributed by atoms with Crippen LogP contribution in [0.25, 0.3) is 0 Å². The highest BCUT2D eigenvalue weighted by Gasteiger charge is 2.27. The van der Waals surface area contributed by atoms with Gasteiger partial charge in [0.05, 0.1) is 24.2 Å². The first-order valence-corrected chi connectivity index (χ1v) is 13.9. The van der Waals surface area contributed by atoms with E-state index >= 15 is 0 Å². The molecule has 0 bridgehead atoms. The molecule has 3 rings (SSSR count). The molecular weight excluding hydrogens is 482 g/mol. The molecule has 0 atom stereocenters. The summed E-state index contributed by atoms with van der Waals surface area (Å²) >= 11 is 6.12. The highest BCUT2D eigenvalue weighted by atomic mass is 35.5. The summed E-state index contributed by atoms with van der Waals surface area (Å²) in [6, 6.07) is 14.3. The molecule has 0 aliphatic rings. The first kappa shape index (κ1) is 27.0. The summed E-state index contributed by atoms with van der Waals surface area (Å²) in [5, 5.41) is 0.541. The third-order valence-corrected chi connectivity index (χ3v) is 7.44. The highest BCUT2D eigenvalue weighted by molar-refractivity contribution is 7.90. The van der Waals surface area contributed by atoms with Gasteiger partial charge in [-0.15, -0.1) is 0 Å². The molecule has 0 radical (unpaired) electrons. The van der Waals surface area contributed by atoms with Crippen LogP contribution >= 0.6 is 11.6 Å². The molecule has 1 amide bonds. The molecule has 8 heteroatoms. The number of sulfone groups is 1. The van der Waals surface area contributed by atoms with E-state index in [1.165, 1.54) is 0 Å². The molecule has 2 aromatic carbocycles. The Morgan fingerprint density at radius 2 is 1.77 bits per heavy atom. The number of amides is 1. The van der Waals surface area contributed by atoms with Gasteiger partial charge in [-0.05, 0) is 48.1 Å². The fourth-order valence-electron chi connectivity index (χ4n) is 4.03. The number of hydrogen-bond acceptors (Lipinski definition) is 4. The molecule has 35 heavy (non-hydrogen) atoms. The van der Waals surface area contributed by atoms with E-state index in [0.29, 0.717) is 29.4 Å². The molecule has 0 aliphatic carbocycles. The lowest BCUT2D eigenvalue weighted by Gasteiger charge is -2.26. The number of carbonyl (C=O) groups excluding carboxylic acids is 1. The minimum absolute atomic E-state index is 0.0455. The molecule has 0 aliphatic heterocycles. The summed E-state index contributed by atoms with van der Waals surface area (Å²) in [6.45, 7) is 11.3. The second-order valence-electron chi connectivity index (χ2n) is 9.81. The molecule has 0 saturated carbocycles. The van der Waals surface area contributed by atoms with Crippen molar-refractivity contribution in [3.05, 3.63) is 82.1 Å². The van der Waals surface area contributed by atoms with Gasteiger partial charge in [-0.2, -0.15) is 0 Å². The lowest BCUT2D eigenvalue weighted by molar-refractivity contribution is 0.0718. The first-order valence-electron chi connectivity index (χ1n) is 11.8. The van der Waals surface area contributed by atoms with Crippen LogP contribution in [-0.4, -0.2) is 35.3 Å². The standard InChI is InChI=1S/C27H34ClN3O3S/c1-19(2)15-30(26(32)22-11-8-12-24(28)13-22)17-25-14-29-27(31(25)16-20(3)4)35(33,34)18-23-10-7-6-9-21(23)5/h6-14,19-20H,15-18H2,1-5H3. The smallest absolute Gasteiger partial charge is 0.254 e. The normalized spacial score (nSPS) is 11.9. The fourth-order valence-corrected chi connectivity index (χ4v) is 5.82. The maximum atomic E-state index is 13.4. The number of aromatic nitrogens is 2. The maximum absolute atomic E-state index is 13.4. The summed E-state index contributed by atoms with van der Waals surface area (Å²) in [7, 11) is -3.70. The second-order valence-corrected chi connectivity index (χ2v) is 12.1. The lowest BCUT2D eigenvalue weighted by Crippen LogP contribution is -2.34. The summed E-state index contributed by atoms with van der Waals surface area (Å²) in [5.41, 5.74) is 2.87. The van der Waals surface area contributed by atoms with E-state index in [1.54, 1.807) is 39.9 Å². The lowest BCUT2D eigenvalue weighted by atomic mass is 10.1. The van der Waals surface area contributed by atoms with Gasteiger partial charge in [-0.25, -0.2) is 13.4 Å². The molecule has 1 heterocycles. The Bertz CT molecular complexity index is 1280. The first-order chi connectivity index (χ1) is 16.5. The SMILES string of the molecule is Cc1ccccc1CS(=O)(=O)c1ncc(CN(CC(C)C)C(=O)c2cccc(Cl)c2)n1CC(C)C. The van der Waals surface area contributed by atoms with Gasteiger partial charge >= 0.3 is 0 Å². The van der Waals surface area contributed by atoms with Crippen molar-refractivity contribution in [2.45, 2.75) is 58.6 Å². The number of carbonyl (C=O) groups is 1. The Hall–Kier alpha value is -2.64. The van der Waals surface area contributed by atoms with E-state index in [0.717, 1.165) is 11.1 Å². The minimum Gasteiger partial charge on any atom is -0.333 e. The number of nitrogens with zero attached hydrogens (tertiary/aromatic N) is 3. The Kier molecular flexibility index (Phi) is 8.78. The third kappa shape index (κ3) is 6.95. The largest absolute Gasteiger partial charge is 0.333 e. The monoisotopic (exact) mass is 515 g/mol. The van der Waals surface area contributed by atoms with E-state index in [-0.39, 0.29) is 35.2 Å². The van der Waals surface area contributed by atoms with E-state index in [1.807, 2.05) is 58.9 Å². The predicted octanol–water partition coefficient (Wildman–Crippen LogP) is 5.77. The van der Waals surface area contributed by atoms with Gasteiger partial charge in [-0.3, -0.25) is 4.79 Å². The van der Waals surface area contributed by atoms with Crippen LogP contribution in [0.5, 0.6) is 0 Å². The number of hydrogen-bond donors (Lipinski definition) is 0. The maximum Gasteiger partial charge on any atom is 0.254 e. The van der Waals surface area contributed by atoms with E-state index in [2.05, 4.69) is 4.98 Å². The molecule has 0 spiro atoms. The van der Waals surface area contributed by atoms with Crippen molar-refractivity contribution in [1.29, 1.82) is 0 Å². The van der Waals surface area contributed by atoms with Crippen molar-refractivity contribution in [1.82, 2.24) is 14.5 Å².